The second-order valence-electron chi connectivity index (χ2n) is 7.41. The maximum atomic E-state index is 12.7. The molecule has 0 radical (unpaired) electrons. The summed E-state index contributed by atoms with van der Waals surface area (Å²) in [6, 6.07) is 13.3. The molecule has 0 saturated heterocycles. The van der Waals surface area contributed by atoms with Crippen molar-refractivity contribution in [3.63, 3.8) is 0 Å². The summed E-state index contributed by atoms with van der Waals surface area (Å²) in [5.74, 6) is 0.436. The Labute approximate surface area is 186 Å². The van der Waals surface area contributed by atoms with Crippen molar-refractivity contribution < 1.29 is 4.79 Å². The van der Waals surface area contributed by atoms with E-state index in [9.17, 15) is 9.59 Å². The highest BCUT2D eigenvalue weighted by atomic mass is 32.1. The van der Waals surface area contributed by atoms with Crippen LogP contribution in [0.5, 0.6) is 0 Å². The zero-order valence-electron chi connectivity index (χ0n) is 17.4. The summed E-state index contributed by atoms with van der Waals surface area (Å²) in [6.45, 7) is 3.80. The van der Waals surface area contributed by atoms with E-state index in [2.05, 4.69) is 25.5 Å². The van der Waals surface area contributed by atoms with Crippen molar-refractivity contribution in [3.8, 4) is 11.6 Å². The van der Waals surface area contributed by atoms with E-state index < -0.39 is 0 Å². The first-order chi connectivity index (χ1) is 15.5. The number of H-pyrrole nitrogens is 1. The van der Waals surface area contributed by atoms with Crippen LogP contribution in [0.2, 0.25) is 0 Å². The second kappa shape index (κ2) is 7.89. The van der Waals surface area contributed by atoms with Gasteiger partial charge >= 0.3 is 0 Å². The number of anilines is 1. The van der Waals surface area contributed by atoms with Gasteiger partial charge in [-0.3, -0.25) is 14.6 Å². The van der Waals surface area contributed by atoms with Gasteiger partial charge in [0.05, 0.1) is 24.0 Å². The predicted octanol–water partition coefficient (Wildman–Crippen LogP) is 3.15. The minimum atomic E-state index is -0.340. The molecule has 2 N–H and O–H groups in total. The summed E-state index contributed by atoms with van der Waals surface area (Å²) in [7, 11) is 0. The molecule has 0 bridgehead atoms. The van der Waals surface area contributed by atoms with Gasteiger partial charge < -0.3 is 5.32 Å². The molecule has 1 amide bonds. The Morgan fingerprint density at radius 3 is 2.72 bits per heavy atom. The zero-order valence-corrected chi connectivity index (χ0v) is 18.2. The van der Waals surface area contributed by atoms with Gasteiger partial charge in [-0.2, -0.15) is 19.9 Å². The number of amides is 1. The fourth-order valence-electron chi connectivity index (χ4n) is 3.39. The lowest BCUT2D eigenvalue weighted by Gasteiger charge is -2.09. The van der Waals surface area contributed by atoms with Gasteiger partial charge in [-0.1, -0.05) is 23.8 Å². The summed E-state index contributed by atoms with van der Waals surface area (Å²) < 4.78 is 3.04. The zero-order chi connectivity index (χ0) is 22.2. The molecule has 0 saturated carbocycles. The fraction of sp³-hybridized carbons (Fsp3) is 0.136. The molecule has 10 heteroatoms. The summed E-state index contributed by atoms with van der Waals surface area (Å²) in [5, 5.41) is 13.9. The Morgan fingerprint density at radius 1 is 1.16 bits per heavy atom. The van der Waals surface area contributed by atoms with Gasteiger partial charge in [0.15, 0.2) is 5.65 Å². The topological polar surface area (TPSA) is 110 Å². The molecule has 4 heterocycles. The number of nitrogens with zero attached hydrogens (tertiary/aromatic N) is 5. The molecule has 1 aromatic carbocycles. The van der Waals surface area contributed by atoms with Crippen molar-refractivity contribution in [2.45, 2.75) is 20.3 Å². The van der Waals surface area contributed by atoms with E-state index in [-0.39, 0.29) is 23.8 Å². The largest absolute Gasteiger partial charge is 0.310 e. The van der Waals surface area contributed by atoms with E-state index in [1.807, 2.05) is 48.7 Å². The van der Waals surface area contributed by atoms with E-state index in [0.717, 1.165) is 16.1 Å². The van der Waals surface area contributed by atoms with E-state index in [4.69, 9.17) is 0 Å². The molecule has 32 heavy (non-hydrogen) atoms. The van der Waals surface area contributed by atoms with Gasteiger partial charge in [0, 0.05) is 10.9 Å². The SMILES string of the molecule is Cc1ccc(-n2ncc3c(=O)[nH]c(-n4nc(C)cc4NC(=O)Cc4cccs4)nc32)cc1. The van der Waals surface area contributed by atoms with Crippen LogP contribution in [0.1, 0.15) is 16.1 Å². The van der Waals surface area contributed by atoms with Gasteiger partial charge in [0.2, 0.25) is 11.9 Å². The molecule has 0 aliphatic heterocycles. The number of thiophene rings is 1. The summed E-state index contributed by atoms with van der Waals surface area (Å²) in [6.07, 6.45) is 1.74. The van der Waals surface area contributed by atoms with Crippen LogP contribution in [0.4, 0.5) is 5.82 Å². The first kappa shape index (κ1) is 19.9. The van der Waals surface area contributed by atoms with Gasteiger partial charge in [0.1, 0.15) is 11.2 Å². The third-order valence-corrected chi connectivity index (χ3v) is 5.80. The first-order valence-electron chi connectivity index (χ1n) is 9.92. The highest BCUT2D eigenvalue weighted by Crippen LogP contribution is 2.19. The number of aromatic nitrogens is 6. The second-order valence-corrected chi connectivity index (χ2v) is 8.44. The summed E-state index contributed by atoms with van der Waals surface area (Å²) in [5.41, 5.74) is 2.64. The van der Waals surface area contributed by atoms with Gasteiger partial charge in [-0.15, -0.1) is 11.3 Å². The van der Waals surface area contributed by atoms with Crippen LogP contribution in [-0.2, 0) is 11.2 Å². The average molecular weight is 446 g/mol. The molecule has 0 fully saturated rings. The number of rotatable bonds is 5. The smallest absolute Gasteiger partial charge is 0.263 e. The maximum Gasteiger partial charge on any atom is 0.263 e. The van der Waals surface area contributed by atoms with Crippen LogP contribution >= 0.6 is 11.3 Å². The van der Waals surface area contributed by atoms with Crippen LogP contribution in [0.15, 0.2) is 58.8 Å². The molecular weight excluding hydrogens is 426 g/mol. The third kappa shape index (κ3) is 3.71. The number of carbonyl (C=O) groups excluding carboxylic acids is 1. The minimum Gasteiger partial charge on any atom is -0.310 e. The Balaban J connectivity index is 1.55. The summed E-state index contributed by atoms with van der Waals surface area (Å²) in [4.78, 5) is 33.6. The lowest BCUT2D eigenvalue weighted by Crippen LogP contribution is -2.19. The van der Waals surface area contributed by atoms with Gasteiger partial charge in [-0.05, 0) is 37.4 Å². The molecule has 160 valence electrons. The molecule has 5 rings (SSSR count). The Hall–Kier alpha value is -4.05. The Kier molecular flexibility index (Phi) is 4.91. The number of benzene rings is 1. The van der Waals surface area contributed by atoms with Crippen molar-refractivity contribution in [1.29, 1.82) is 0 Å². The van der Waals surface area contributed by atoms with Crippen LogP contribution in [0, 0.1) is 13.8 Å². The van der Waals surface area contributed by atoms with Gasteiger partial charge in [0.25, 0.3) is 5.56 Å². The molecule has 0 spiro atoms. The molecule has 0 atom stereocenters. The van der Waals surface area contributed by atoms with Crippen LogP contribution in [-0.4, -0.2) is 35.4 Å². The lowest BCUT2D eigenvalue weighted by atomic mass is 10.2. The lowest BCUT2D eigenvalue weighted by molar-refractivity contribution is -0.115. The normalized spacial score (nSPS) is 11.2. The number of nitrogens with one attached hydrogen (secondary N) is 2. The van der Waals surface area contributed by atoms with Crippen molar-refractivity contribution >= 4 is 34.1 Å². The molecule has 0 aliphatic rings. The highest BCUT2D eigenvalue weighted by molar-refractivity contribution is 7.10. The fourth-order valence-corrected chi connectivity index (χ4v) is 4.09. The first-order valence-corrected chi connectivity index (χ1v) is 10.8. The monoisotopic (exact) mass is 445 g/mol. The molecule has 5 aromatic rings. The van der Waals surface area contributed by atoms with E-state index in [0.29, 0.717) is 22.5 Å². The predicted molar refractivity (Wildman–Crippen MR) is 123 cm³/mol. The molecule has 0 aliphatic carbocycles. The van der Waals surface area contributed by atoms with Crippen molar-refractivity contribution in [2.24, 2.45) is 0 Å². The number of fused-ring (bicyclic) bond motifs is 1. The molecule has 4 aromatic heterocycles. The number of aromatic amines is 1. The van der Waals surface area contributed by atoms with E-state index in [1.165, 1.54) is 22.2 Å². The van der Waals surface area contributed by atoms with Crippen LogP contribution in [0.25, 0.3) is 22.7 Å². The van der Waals surface area contributed by atoms with E-state index >= 15 is 0 Å². The third-order valence-electron chi connectivity index (χ3n) is 4.92. The average Bonchev–Trinajstić information content (AvgIpc) is 3.49. The summed E-state index contributed by atoms with van der Waals surface area (Å²) >= 11 is 1.52. The maximum absolute atomic E-state index is 12.7. The van der Waals surface area contributed by atoms with Gasteiger partial charge in [-0.25, -0.2) is 4.68 Å². The Bertz CT molecular complexity index is 1480. The van der Waals surface area contributed by atoms with Crippen LogP contribution < -0.4 is 10.9 Å². The highest BCUT2D eigenvalue weighted by Gasteiger charge is 2.17. The quantitative estimate of drug-likeness (QED) is 0.432. The molecular formula is C22H19N7O2S. The number of hydrogen-bond donors (Lipinski definition) is 2. The van der Waals surface area contributed by atoms with Crippen molar-refractivity contribution in [3.05, 3.63) is 80.5 Å². The standard InChI is InChI=1S/C22H19N7O2S/c1-13-5-7-15(8-6-13)28-20-17(12-23-28)21(31)26-22(25-20)29-18(10-14(2)27-29)24-19(30)11-16-4-3-9-32-16/h3-10,12H,11H2,1-2H3,(H,24,30)(H,25,26,31). The molecule has 9 nitrogen and oxygen atoms in total. The van der Waals surface area contributed by atoms with Crippen molar-refractivity contribution in [2.75, 3.05) is 5.32 Å². The van der Waals surface area contributed by atoms with Crippen LogP contribution in [0.3, 0.4) is 0 Å². The number of hydrogen-bond acceptors (Lipinski definition) is 6. The number of aryl methyl sites for hydroxylation is 2. The molecule has 0 unspecified atom stereocenters. The van der Waals surface area contributed by atoms with E-state index in [1.54, 1.807) is 17.7 Å². The minimum absolute atomic E-state index is 0.179. The number of carbonyl (C=O) groups is 1. The van der Waals surface area contributed by atoms with Crippen molar-refractivity contribution in [1.82, 2.24) is 29.5 Å². The Morgan fingerprint density at radius 2 is 1.97 bits per heavy atom.